The summed E-state index contributed by atoms with van der Waals surface area (Å²) in [6, 6.07) is 11.5. The Morgan fingerprint density at radius 1 is 1.28 bits per heavy atom. The fraction of sp³-hybridized carbons (Fsp3) is 0.333. The number of nitrogens with one attached hydrogen (secondary N) is 1. The first kappa shape index (κ1) is 15.9. The molecule has 130 valence electrons. The maximum absolute atomic E-state index is 10.3. The number of hydrogen-bond donors (Lipinski definition) is 2. The van der Waals surface area contributed by atoms with Gasteiger partial charge in [-0.2, -0.15) is 5.10 Å². The van der Waals surface area contributed by atoms with Gasteiger partial charge in [0, 0.05) is 25.5 Å². The number of aliphatic hydroxyl groups excluding tert-OH is 1. The standard InChI is InChI=1S/C18H21N5O2/c24-15(13-25-16-4-2-1-3-5-16)12-22-8-7-20-18(22)17-10-14-11-19-6-9-23(14)21-17/h1-5,7-8,10,15,19,24H,6,9,11-13H2/t15-/m1/s1. The molecular formula is C18H21N5O2. The van der Waals surface area contributed by atoms with Crippen molar-refractivity contribution in [3.8, 4) is 17.3 Å². The molecule has 2 N–H and O–H groups in total. The molecule has 4 rings (SSSR count). The van der Waals surface area contributed by atoms with Crippen molar-refractivity contribution < 1.29 is 9.84 Å². The van der Waals surface area contributed by atoms with E-state index in [0.29, 0.717) is 6.54 Å². The highest BCUT2D eigenvalue weighted by molar-refractivity contribution is 5.50. The molecule has 3 aromatic rings. The second kappa shape index (κ2) is 7.08. The topological polar surface area (TPSA) is 77.1 Å². The van der Waals surface area contributed by atoms with E-state index in [4.69, 9.17) is 4.74 Å². The van der Waals surface area contributed by atoms with Gasteiger partial charge in [0.05, 0.1) is 18.8 Å². The number of imidazole rings is 1. The average molecular weight is 339 g/mol. The number of fused-ring (bicyclic) bond motifs is 1. The molecule has 25 heavy (non-hydrogen) atoms. The van der Waals surface area contributed by atoms with E-state index >= 15 is 0 Å². The van der Waals surface area contributed by atoms with Crippen LogP contribution in [0, 0.1) is 0 Å². The van der Waals surface area contributed by atoms with Crippen molar-refractivity contribution in [1.82, 2.24) is 24.6 Å². The molecule has 1 atom stereocenters. The number of hydrogen-bond acceptors (Lipinski definition) is 5. The summed E-state index contributed by atoms with van der Waals surface area (Å²) in [4.78, 5) is 4.42. The van der Waals surface area contributed by atoms with Gasteiger partial charge in [0.15, 0.2) is 5.82 Å². The fourth-order valence-electron chi connectivity index (χ4n) is 2.98. The van der Waals surface area contributed by atoms with Crippen LogP contribution in [0.15, 0.2) is 48.8 Å². The predicted octanol–water partition coefficient (Wildman–Crippen LogP) is 1.29. The normalized spacial score (nSPS) is 14.9. The second-order valence-corrected chi connectivity index (χ2v) is 6.10. The summed E-state index contributed by atoms with van der Waals surface area (Å²) in [5, 5.41) is 18.3. The summed E-state index contributed by atoms with van der Waals surface area (Å²) >= 11 is 0. The average Bonchev–Trinajstić information content (AvgIpc) is 3.27. The van der Waals surface area contributed by atoms with Gasteiger partial charge in [-0.3, -0.25) is 4.68 Å². The maximum Gasteiger partial charge on any atom is 0.160 e. The maximum atomic E-state index is 10.3. The van der Waals surface area contributed by atoms with E-state index < -0.39 is 6.10 Å². The van der Waals surface area contributed by atoms with Gasteiger partial charge in [-0.1, -0.05) is 18.2 Å². The van der Waals surface area contributed by atoms with Crippen molar-refractivity contribution in [2.24, 2.45) is 0 Å². The van der Waals surface area contributed by atoms with Crippen molar-refractivity contribution in [1.29, 1.82) is 0 Å². The van der Waals surface area contributed by atoms with Crippen LogP contribution in [0.5, 0.6) is 5.75 Å². The number of rotatable bonds is 6. The van der Waals surface area contributed by atoms with Crippen LogP contribution in [0.1, 0.15) is 5.69 Å². The molecule has 0 bridgehead atoms. The number of ether oxygens (including phenoxy) is 1. The van der Waals surface area contributed by atoms with Gasteiger partial charge in [0.25, 0.3) is 0 Å². The van der Waals surface area contributed by atoms with Crippen molar-refractivity contribution in [3.63, 3.8) is 0 Å². The minimum atomic E-state index is -0.632. The summed E-state index contributed by atoms with van der Waals surface area (Å²) in [5.41, 5.74) is 1.99. The molecule has 0 aliphatic carbocycles. The van der Waals surface area contributed by atoms with Crippen molar-refractivity contribution in [3.05, 3.63) is 54.5 Å². The molecule has 1 aromatic carbocycles. The van der Waals surface area contributed by atoms with Gasteiger partial charge >= 0.3 is 0 Å². The Balaban J connectivity index is 1.43. The summed E-state index contributed by atoms with van der Waals surface area (Å²) in [6.45, 7) is 3.25. The van der Waals surface area contributed by atoms with Crippen molar-refractivity contribution in [2.45, 2.75) is 25.7 Å². The van der Waals surface area contributed by atoms with E-state index in [1.165, 1.54) is 0 Å². The quantitative estimate of drug-likeness (QED) is 0.708. The monoisotopic (exact) mass is 339 g/mol. The number of benzene rings is 1. The van der Waals surface area contributed by atoms with Crippen LogP contribution in [0.3, 0.4) is 0 Å². The molecule has 0 radical (unpaired) electrons. The van der Waals surface area contributed by atoms with E-state index in [2.05, 4.69) is 21.5 Å². The Morgan fingerprint density at radius 2 is 2.16 bits per heavy atom. The first-order valence-electron chi connectivity index (χ1n) is 8.44. The van der Waals surface area contributed by atoms with E-state index in [1.807, 2.05) is 45.8 Å². The molecule has 1 aliphatic heterocycles. The van der Waals surface area contributed by atoms with Crippen molar-refractivity contribution >= 4 is 0 Å². The number of nitrogens with zero attached hydrogens (tertiary/aromatic N) is 4. The van der Waals surface area contributed by atoms with Crippen LogP contribution < -0.4 is 10.1 Å². The molecule has 3 heterocycles. The highest BCUT2D eigenvalue weighted by atomic mass is 16.5. The van der Waals surface area contributed by atoms with E-state index in [-0.39, 0.29) is 6.61 Å². The molecule has 0 fully saturated rings. The lowest BCUT2D eigenvalue weighted by atomic mass is 10.3. The Bertz CT molecular complexity index is 804. The molecule has 0 unspecified atom stereocenters. The molecule has 0 spiro atoms. The zero-order chi connectivity index (χ0) is 17.1. The first-order valence-corrected chi connectivity index (χ1v) is 8.44. The summed E-state index contributed by atoms with van der Waals surface area (Å²) in [6.07, 6.45) is 2.96. The Morgan fingerprint density at radius 3 is 3.00 bits per heavy atom. The third kappa shape index (κ3) is 3.57. The molecular weight excluding hydrogens is 318 g/mol. The Hall–Kier alpha value is -2.64. The minimum Gasteiger partial charge on any atom is -0.491 e. The third-order valence-electron chi connectivity index (χ3n) is 4.21. The number of para-hydroxylation sites is 1. The molecule has 0 saturated heterocycles. The summed E-state index contributed by atoms with van der Waals surface area (Å²) < 4.78 is 9.55. The van der Waals surface area contributed by atoms with Crippen LogP contribution in [0.2, 0.25) is 0 Å². The highest BCUT2D eigenvalue weighted by Gasteiger charge is 2.17. The van der Waals surface area contributed by atoms with Gasteiger partial charge in [-0.05, 0) is 18.2 Å². The third-order valence-corrected chi connectivity index (χ3v) is 4.21. The molecule has 2 aromatic heterocycles. The SMILES string of the molecule is O[C@@H](COc1ccccc1)Cn1ccnc1-c1cc2n(n1)CCNC2. The minimum absolute atomic E-state index is 0.227. The van der Waals surface area contributed by atoms with Crippen LogP contribution in [-0.2, 0) is 19.6 Å². The van der Waals surface area contributed by atoms with Crippen LogP contribution in [0.4, 0.5) is 0 Å². The van der Waals surface area contributed by atoms with E-state index in [0.717, 1.165) is 42.6 Å². The smallest absolute Gasteiger partial charge is 0.160 e. The number of aliphatic hydroxyl groups is 1. The molecule has 7 nitrogen and oxygen atoms in total. The van der Waals surface area contributed by atoms with Gasteiger partial charge in [0.2, 0.25) is 0 Å². The lowest BCUT2D eigenvalue weighted by molar-refractivity contribution is 0.0928. The molecule has 1 aliphatic rings. The summed E-state index contributed by atoms with van der Waals surface area (Å²) in [7, 11) is 0. The zero-order valence-electron chi connectivity index (χ0n) is 13.9. The van der Waals surface area contributed by atoms with Crippen LogP contribution >= 0.6 is 0 Å². The van der Waals surface area contributed by atoms with Crippen LogP contribution in [-0.4, -0.2) is 43.7 Å². The van der Waals surface area contributed by atoms with Crippen molar-refractivity contribution in [2.75, 3.05) is 13.2 Å². The first-order chi connectivity index (χ1) is 12.3. The van der Waals surface area contributed by atoms with Gasteiger partial charge in [-0.15, -0.1) is 0 Å². The second-order valence-electron chi connectivity index (χ2n) is 6.10. The fourth-order valence-corrected chi connectivity index (χ4v) is 2.98. The van der Waals surface area contributed by atoms with E-state index in [1.54, 1.807) is 6.20 Å². The highest BCUT2D eigenvalue weighted by Crippen LogP contribution is 2.19. The summed E-state index contributed by atoms with van der Waals surface area (Å²) in [5.74, 6) is 1.52. The zero-order valence-corrected chi connectivity index (χ0v) is 13.9. The van der Waals surface area contributed by atoms with E-state index in [9.17, 15) is 5.11 Å². The Labute approximate surface area is 145 Å². The van der Waals surface area contributed by atoms with Gasteiger partial charge in [-0.25, -0.2) is 4.98 Å². The Kier molecular flexibility index (Phi) is 4.49. The number of aromatic nitrogens is 4. The lowest BCUT2D eigenvalue weighted by Crippen LogP contribution is -2.28. The largest absolute Gasteiger partial charge is 0.491 e. The molecule has 0 saturated carbocycles. The molecule has 0 amide bonds. The van der Waals surface area contributed by atoms with Gasteiger partial charge in [0.1, 0.15) is 24.2 Å². The van der Waals surface area contributed by atoms with Gasteiger partial charge < -0.3 is 19.7 Å². The predicted molar refractivity (Wildman–Crippen MR) is 93.1 cm³/mol. The molecule has 7 heteroatoms. The van der Waals surface area contributed by atoms with Crippen LogP contribution in [0.25, 0.3) is 11.5 Å². The lowest BCUT2D eigenvalue weighted by Gasteiger charge is -2.14.